The van der Waals surface area contributed by atoms with Crippen molar-refractivity contribution in [2.75, 3.05) is 13.6 Å². The molecule has 0 N–H and O–H groups in total. The van der Waals surface area contributed by atoms with E-state index in [1.54, 1.807) is 38.1 Å². The average Bonchev–Trinajstić information content (AvgIpc) is 2.66. The van der Waals surface area contributed by atoms with Gasteiger partial charge in [0.05, 0.1) is 12.0 Å². The van der Waals surface area contributed by atoms with E-state index in [9.17, 15) is 13.2 Å². The van der Waals surface area contributed by atoms with Crippen LogP contribution in [0.15, 0.2) is 41.4 Å². The monoisotopic (exact) mass is 452 g/mol. The van der Waals surface area contributed by atoms with Gasteiger partial charge in [-0.2, -0.15) is 13.2 Å². The lowest BCUT2D eigenvalue weighted by Gasteiger charge is -2.28. The highest BCUT2D eigenvalue weighted by atomic mass is 28.4. The van der Waals surface area contributed by atoms with Gasteiger partial charge in [-0.3, -0.25) is 0 Å². The van der Waals surface area contributed by atoms with Crippen molar-refractivity contribution < 1.29 is 22.3 Å². The first-order chi connectivity index (χ1) is 14.3. The summed E-state index contributed by atoms with van der Waals surface area (Å²) < 4.78 is 52.3. The van der Waals surface area contributed by atoms with Crippen molar-refractivity contribution in [1.29, 1.82) is 0 Å². The van der Waals surface area contributed by atoms with Gasteiger partial charge in [0.2, 0.25) is 0 Å². The summed E-state index contributed by atoms with van der Waals surface area (Å²) in [7, 11) is -0.483. The predicted molar refractivity (Wildman–Crippen MR) is 122 cm³/mol. The highest BCUT2D eigenvalue weighted by Gasteiger charge is 2.44. The summed E-state index contributed by atoms with van der Waals surface area (Å²) in [6, 6.07) is 9.77. The Bertz CT molecular complexity index is 924. The Balaban J connectivity index is 2.32. The van der Waals surface area contributed by atoms with Gasteiger partial charge in [0.25, 0.3) is 0 Å². The topological polar surface area (TPSA) is 34.1 Å². The van der Waals surface area contributed by atoms with Gasteiger partial charge in [-0.05, 0) is 81.4 Å². The molecule has 1 atom stereocenters. The number of aryl methyl sites for hydroxylation is 2. The summed E-state index contributed by atoms with van der Waals surface area (Å²) in [5.74, 6) is 0.905. The zero-order chi connectivity index (χ0) is 23.4. The van der Waals surface area contributed by atoms with Crippen LogP contribution in [0.2, 0.25) is 19.6 Å². The third-order valence-corrected chi connectivity index (χ3v) is 5.49. The van der Waals surface area contributed by atoms with Gasteiger partial charge in [-0.1, -0.05) is 12.1 Å². The zero-order valence-corrected chi connectivity index (χ0v) is 20.2. The van der Waals surface area contributed by atoms with Crippen LogP contribution in [0.1, 0.15) is 29.7 Å². The Hall–Kier alpha value is -2.32. The Morgan fingerprint density at radius 1 is 1.10 bits per heavy atom. The van der Waals surface area contributed by atoms with Gasteiger partial charge in [0.1, 0.15) is 11.5 Å². The number of alkyl halides is 3. The molecule has 0 aliphatic heterocycles. The number of halogens is 3. The van der Waals surface area contributed by atoms with Crippen LogP contribution in [-0.4, -0.2) is 39.3 Å². The van der Waals surface area contributed by atoms with E-state index in [1.165, 1.54) is 12.1 Å². The number of ether oxygens (including phenoxy) is 1. The molecule has 4 nitrogen and oxygen atoms in total. The molecule has 1 unspecified atom stereocenters. The van der Waals surface area contributed by atoms with E-state index in [1.807, 2.05) is 44.9 Å². The molecule has 2 rings (SSSR count). The zero-order valence-electron chi connectivity index (χ0n) is 19.2. The summed E-state index contributed by atoms with van der Waals surface area (Å²) in [6.07, 6.45) is -4.71. The molecule has 0 saturated heterocycles. The summed E-state index contributed by atoms with van der Waals surface area (Å²) in [5, 5.41) is 0. The Morgan fingerprint density at radius 3 is 2.35 bits per heavy atom. The summed E-state index contributed by atoms with van der Waals surface area (Å²) >= 11 is 0. The van der Waals surface area contributed by atoms with Crippen LogP contribution in [0.3, 0.4) is 0 Å². The molecule has 2 aromatic rings. The Labute approximate surface area is 183 Å². The quantitative estimate of drug-likeness (QED) is 0.242. The second-order valence-electron chi connectivity index (χ2n) is 8.55. The van der Waals surface area contributed by atoms with Crippen molar-refractivity contribution in [3.8, 4) is 11.5 Å². The molecule has 0 spiro atoms. The van der Waals surface area contributed by atoms with E-state index in [0.29, 0.717) is 11.5 Å². The Morgan fingerprint density at radius 2 is 1.77 bits per heavy atom. The minimum absolute atomic E-state index is 0.0330. The highest BCUT2D eigenvalue weighted by Crippen LogP contribution is 2.40. The van der Waals surface area contributed by atoms with E-state index in [-0.39, 0.29) is 5.56 Å². The number of aliphatic imine (C=N–C) groups is 1. The van der Waals surface area contributed by atoms with Gasteiger partial charge < -0.3 is 14.1 Å². The number of benzene rings is 2. The van der Waals surface area contributed by atoms with E-state index >= 15 is 0 Å². The van der Waals surface area contributed by atoms with Gasteiger partial charge in [-0.15, -0.1) is 0 Å². The van der Waals surface area contributed by atoms with Crippen molar-refractivity contribution >= 4 is 20.3 Å². The third-order valence-electron chi connectivity index (χ3n) is 4.54. The molecule has 0 bridgehead atoms. The van der Waals surface area contributed by atoms with Crippen molar-refractivity contribution in [3.63, 3.8) is 0 Å². The van der Waals surface area contributed by atoms with Crippen LogP contribution in [-0.2, 0) is 4.43 Å². The lowest BCUT2D eigenvalue weighted by atomic mass is 10.1. The minimum Gasteiger partial charge on any atom is -0.457 e. The first-order valence-corrected chi connectivity index (χ1v) is 13.6. The summed E-state index contributed by atoms with van der Waals surface area (Å²) in [5.41, 5.74) is 2.60. The van der Waals surface area contributed by atoms with Crippen LogP contribution in [0.5, 0.6) is 11.5 Å². The smallest absolute Gasteiger partial charge is 0.417 e. The van der Waals surface area contributed by atoms with Crippen molar-refractivity contribution in [2.45, 2.75) is 52.7 Å². The molecule has 0 aliphatic carbocycles. The van der Waals surface area contributed by atoms with E-state index in [4.69, 9.17) is 9.16 Å². The summed E-state index contributed by atoms with van der Waals surface area (Å²) in [6.45, 7) is 11.9. The fraction of sp³-hybridized carbons (Fsp3) is 0.435. The normalized spacial score (nSPS) is 13.5. The number of hydrogen-bond donors (Lipinski definition) is 0. The lowest BCUT2D eigenvalue weighted by Crippen LogP contribution is -2.35. The fourth-order valence-corrected chi connectivity index (χ4v) is 3.79. The van der Waals surface area contributed by atoms with Gasteiger partial charge in [-0.25, -0.2) is 4.99 Å². The molecule has 0 radical (unpaired) electrons. The molecule has 0 aliphatic rings. The maximum absolute atomic E-state index is 13.7. The van der Waals surface area contributed by atoms with Crippen molar-refractivity contribution in [2.24, 2.45) is 4.99 Å². The minimum atomic E-state index is -4.50. The van der Waals surface area contributed by atoms with E-state index in [2.05, 4.69) is 4.99 Å². The molecule has 0 fully saturated rings. The molecule has 0 amide bonds. The van der Waals surface area contributed by atoms with Crippen molar-refractivity contribution in [3.05, 3.63) is 53.1 Å². The molecular weight excluding hydrogens is 421 g/mol. The molecular formula is C23H31F3N2O2Si. The maximum atomic E-state index is 13.7. The maximum Gasteiger partial charge on any atom is 0.417 e. The van der Waals surface area contributed by atoms with Gasteiger partial charge in [0, 0.05) is 13.6 Å². The molecule has 170 valence electrons. The average molecular weight is 453 g/mol. The van der Waals surface area contributed by atoms with Crippen LogP contribution in [0.4, 0.5) is 18.9 Å². The summed E-state index contributed by atoms with van der Waals surface area (Å²) in [4.78, 5) is 6.45. The SMILES string of the molecule is CCN(C)/C=N\c1cc(C)c(Oc2cccc(C(O[Si](C)(C)C)C(F)(F)F)c2)cc1C. The molecule has 2 aromatic carbocycles. The predicted octanol–water partition coefficient (Wildman–Crippen LogP) is 7.16. The molecule has 8 heteroatoms. The lowest BCUT2D eigenvalue weighted by molar-refractivity contribution is -0.200. The second kappa shape index (κ2) is 9.87. The van der Waals surface area contributed by atoms with E-state index < -0.39 is 20.6 Å². The van der Waals surface area contributed by atoms with E-state index in [0.717, 1.165) is 23.4 Å². The van der Waals surface area contributed by atoms with Gasteiger partial charge >= 0.3 is 6.18 Å². The van der Waals surface area contributed by atoms with Crippen molar-refractivity contribution in [1.82, 2.24) is 4.90 Å². The molecule has 0 saturated carbocycles. The number of nitrogens with zero attached hydrogens (tertiary/aromatic N) is 2. The van der Waals surface area contributed by atoms with Crippen LogP contribution in [0, 0.1) is 13.8 Å². The van der Waals surface area contributed by atoms with Crippen LogP contribution < -0.4 is 4.74 Å². The molecule has 0 aromatic heterocycles. The molecule has 0 heterocycles. The second-order valence-corrected chi connectivity index (χ2v) is 13.0. The first-order valence-electron chi connectivity index (χ1n) is 10.2. The highest BCUT2D eigenvalue weighted by molar-refractivity contribution is 6.69. The number of rotatable bonds is 8. The molecule has 31 heavy (non-hydrogen) atoms. The first kappa shape index (κ1) is 24.9. The van der Waals surface area contributed by atoms with Crippen LogP contribution in [0.25, 0.3) is 0 Å². The van der Waals surface area contributed by atoms with Crippen LogP contribution >= 0.6 is 0 Å². The van der Waals surface area contributed by atoms with Gasteiger partial charge in [0.15, 0.2) is 14.4 Å². The Kier molecular flexibility index (Phi) is 7.94. The largest absolute Gasteiger partial charge is 0.457 e. The fourth-order valence-electron chi connectivity index (χ4n) is 2.81. The number of hydrogen-bond acceptors (Lipinski definition) is 3. The third kappa shape index (κ3) is 7.39. The standard InChI is InChI=1S/C23H31F3N2O2Si/c1-8-28(4)15-27-20-12-17(3)21(13-16(20)2)29-19-11-9-10-18(14-19)22(23(24,25)26)30-31(5,6)7/h9-15,22H,8H2,1-7H3/b27-15-.